The summed E-state index contributed by atoms with van der Waals surface area (Å²) in [6.45, 7) is 2.34. The second-order valence-corrected chi connectivity index (χ2v) is 4.22. The molecular weight excluding hydrogens is 207 g/mol. The summed E-state index contributed by atoms with van der Waals surface area (Å²) in [6.07, 6.45) is 2.01. The highest BCUT2D eigenvalue weighted by molar-refractivity contribution is 5.47. The first kappa shape index (κ1) is 11.4. The van der Waals surface area contributed by atoms with Gasteiger partial charge in [-0.05, 0) is 30.9 Å². The van der Waals surface area contributed by atoms with Gasteiger partial charge in [0.05, 0.1) is 12.3 Å². The molecule has 1 saturated heterocycles. The van der Waals surface area contributed by atoms with Crippen LogP contribution in [-0.4, -0.2) is 19.7 Å². The Balaban J connectivity index is 1.96. The Morgan fingerprint density at radius 3 is 2.62 bits per heavy atom. The van der Waals surface area contributed by atoms with Crippen molar-refractivity contribution in [2.75, 3.05) is 24.6 Å². The maximum absolute atomic E-state index is 13.5. The lowest BCUT2D eigenvalue weighted by Gasteiger charge is -2.33. The van der Waals surface area contributed by atoms with E-state index in [9.17, 15) is 4.39 Å². The predicted octanol–water partition coefficient (Wildman–Crippen LogP) is 1.93. The maximum atomic E-state index is 13.5. The zero-order chi connectivity index (χ0) is 11.4. The number of rotatable bonds is 3. The van der Waals surface area contributed by atoms with Crippen molar-refractivity contribution in [3.05, 3.63) is 30.1 Å². The maximum Gasteiger partial charge on any atom is 0.146 e. The van der Waals surface area contributed by atoms with E-state index >= 15 is 0 Å². The summed E-state index contributed by atoms with van der Waals surface area (Å²) in [7, 11) is 0. The van der Waals surface area contributed by atoms with Crippen molar-refractivity contribution < 1.29 is 9.23 Å². The summed E-state index contributed by atoms with van der Waals surface area (Å²) in [5.74, 6) is 5.42. The second kappa shape index (κ2) is 5.27. The number of anilines is 1. The molecule has 88 valence electrons. The number of halogens is 1. The van der Waals surface area contributed by atoms with Crippen molar-refractivity contribution >= 4 is 5.69 Å². The summed E-state index contributed by atoms with van der Waals surface area (Å²) < 4.78 is 13.5. The van der Waals surface area contributed by atoms with Crippen LogP contribution >= 0.6 is 0 Å². The van der Waals surface area contributed by atoms with Gasteiger partial charge in [-0.25, -0.2) is 10.3 Å². The molecule has 0 saturated carbocycles. The van der Waals surface area contributed by atoms with E-state index in [-0.39, 0.29) is 5.82 Å². The second-order valence-electron chi connectivity index (χ2n) is 4.22. The minimum atomic E-state index is -0.143. The minimum absolute atomic E-state index is 0.143. The molecule has 2 rings (SSSR count). The third kappa shape index (κ3) is 2.51. The van der Waals surface area contributed by atoms with Gasteiger partial charge in [0.15, 0.2) is 0 Å². The first-order chi connectivity index (χ1) is 7.81. The van der Waals surface area contributed by atoms with Gasteiger partial charge in [-0.1, -0.05) is 12.1 Å². The Morgan fingerprint density at radius 1 is 1.31 bits per heavy atom. The molecule has 1 aromatic carbocycles. The van der Waals surface area contributed by atoms with Crippen LogP contribution in [0.15, 0.2) is 24.3 Å². The zero-order valence-electron chi connectivity index (χ0n) is 9.23. The average Bonchev–Trinajstić information content (AvgIpc) is 2.31. The number of nitrogens with zero attached hydrogens (tertiary/aromatic N) is 1. The Morgan fingerprint density at radius 2 is 2.00 bits per heavy atom. The van der Waals surface area contributed by atoms with E-state index in [0.717, 1.165) is 25.9 Å². The molecular formula is C12H17FN2O. The Kier molecular flexibility index (Phi) is 3.74. The fourth-order valence-electron chi connectivity index (χ4n) is 2.18. The lowest BCUT2D eigenvalue weighted by molar-refractivity contribution is 0.0918. The molecule has 1 heterocycles. The fraction of sp³-hybridized carbons (Fsp3) is 0.500. The summed E-state index contributed by atoms with van der Waals surface area (Å²) in [5, 5.41) is 0. The lowest BCUT2D eigenvalue weighted by atomic mass is 9.97. The van der Waals surface area contributed by atoms with Crippen LogP contribution in [0.3, 0.4) is 0 Å². The van der Waals surface area contributed by atoms with Gasteiger partial charge in [-0.2, -0.15) is 0 Å². The van der Waals surface area contributed by atoms with Crippen LogP contribution in [0.5, 0.6) is 0 Å². The van der Waals surface area contributed by atoms with E-state index in [0.29, 0.717) is 18.2 Å². The highest BCUT2D eigenvalue weighted by Crippen LogP contribution is 2.25. The van der Waals surface area contributed by atoms with E-state index in [4.69, 9.17) is 5.90 Å². The molecule has 0 amide bonds. The van der Waals surface area contributed by atoms with E-state index in [1.165, 1.54) is 6.07 Å². The molecule has 4 heteroatoms. The van der Waals surface area contributed by atoms with Crippen LogP contribution in [0, 0.1) is 11.7 Å². The van der Waals surface area contributed by atoms with Crippen LogP contribution in [0.25, 0.3) is 0 Å². The van der Waals surface area contributed by atoms with Gasteiger partial charge in [-0.15, -0.1) is 0 Å². The van der Waals surface area contributed by atoms with E-state index in [1.807, 2.05) is 12.1 Å². The summed E-state index contributed by atoms with van der Waals surface area (Å²) in [4.78, 5) is 6.74. The number of benzene rings is 1. The van der Waals surface area contributed by atoms with Crippen LogP contribution in [0.2, 0.25) is 0 Å². The molecule has 0 aliphatic carbocycles. The third-order valence-corrected chi connectivity index (χ3v) is 3.14. The molecule has 2 N–H and O–H groups in total. The van der Waals surface area contributed by atoms with Crippen molar-refractivity contribution in [3.63, 3.8) is 0 Å². The first-order valence-corrected chi connectivity index (χ1v) is 5.62. The lowest BCUT2D eigenvalue weighted by Crippen LogP contribution is -2.35. The Bertz CT molecular complexity index is 338. The van der Waals surface area contributed by atoms with Crippen molar-refractivity contribution in [2.24, 2.45) is 11.8 Å². The van der Waals surface area contributed by atoms with Crippen LogP contribution in [0.4, 0.5) is 10.1 Å². The monoisotopic (exact) mass is 224 g/mol. The van der Waals surface area contributed by atoms with Gasteiger partial charge in [-0.3, -0.25) is 0 Å². The molecule has 0 radical (unpaired) electrons. The number of para-hydroxylation sites is 1. The van der Waals surface area contributed by atoms with Gasteiger partial charge in [0, 0.05) is 13.1 Å². The van der Waals surface area contributed by atoms with Gasteiger partial charge < -0.3 is 9.74 Å². The van der Waals surface area contributed by atoms with Gasteiger partial charge in [0.2, 0.25) is 0 Å². The number of nitrogens with two attached hydrogens (primary N) is 1. The summed E-state index contributed by atoms with van der Waals surface area (Å²) in [6, 6.07) is 6.92. The molecule has 0 aromatic heterocycles. The molecule has 0 atom stereocenters. The zero-order valence-corrected chi connectivity index (χ0v) is 9.23. The van der Waals surface area contributed by atoms with Crippen molar-refractivity contribution in [1.29, 1.82) is 0 Å². The SMILES string of the molecule is NOCC1CCN(c2ccccc2F)CC1. The van der Waals surface area contributed by atoms with Gasteiger partial charge >= 0.3 is 0 Å². The quantitative estimate of drug-likeness (QED) is 0.797. The number of hydrogen-bond acceptors (Lipinski definition) is 3. The highest BCUT2D eigenvalue weighted by atomic mass is 19.1. The number of piperidine rings is 1. The number of hydrogen-bond donors (Lipinski definition) is 1. The minimum Gasteiger partial charge on any atom is -0.369 e. The molecule has 0 unspecified atom stereocenters. The Hall–Kier alpha value is -1.13. The van der Waals surface area contributed by atoms with E-state index in [1.54, 1.807) is 6.07 Å². The summed E-state index contributed by atoms with van der Waals surface area (Å²) in [5.41, 5.74) is 0.703. The molecule has 3 nitrogen and oxygen atoms in total. The van der Waals surface area contributed by atoms with Gasteiger partial charge in [0.1, 0.15) is 5.82 Å². The highest BCUT2D eigenvalue weighted by Gasteiger charge is 2.20. The standard InChI is InChI=1S/C12H17FN2O/c13-11-3-1-2-4-12(11)15-7-5-10(6-8-15)9-16-14/h1-4,10H,5-9,14H2. The largest absolute Gasteiger partial charge is 0.369 e. The van der Waals surface area contributed by atoms with Crippen molar-refractivity contribution in [2.45, 2.75) is 12.8 Å². The fourth-order valence-corrected chi connectivity index (χ4v) is 2.18. The first-order valence-electron chi connectivity index (χ1n) is 5.62. The van der Waals surface area contributed by atoms with Crippen molar-refractivity contribution in [3.8, 4) is 0 Å². The molecule has 0 spiro atoms. The topological polar surface area (TPSA) is 38.5 Å². The third-order valence-electron chi connectivity index (χ3n) is 3.14. The normalized spacial score (nSPS) is 17.8. The molecule has 16 heavy (non-hydrogen) atoms. The molecule has 0 bridgehead atoms. The van der Waals surface area contributed by atoms with E-state index < -0.39 is 0 Å². The molecule has 1 aliphatic heterocycles. The van der Waals surface area contributed by atoms with Crippen molar-refractivity contribution in [1.82, 2.24) is 0 Å². The Labute approximate surface area is 94.9 Å². The average molecular weight is 224 g/mol. The smallest absolute Gasteiger partial charge is 0.146 e. The van der Waals surface area contributed by atoms with Gasteiger partial charge in [0.25, 0.3) is 0 Å². The van der Waals surface area contributed by atoms with Crippen LogP contribution in [0.1, 0.15) is 12.8 Å². The van der Waals surface area contributed by atoms with Crippen LogP contribution in [-0.2, 0) is 4.84 Å². The molecule has 1 aromatic rings. The predicted molar refractivity (Wildman–Crippen MR) is 61.5 cm³/mol. The van der Waals surface area contributed by atoms with E-state index in [2.05, 4.69) is 9.74 Å². The summed E-state index contributed by atoms with van der Waals surface area (Å²) >= 11 is 0. The molecule has 1 aliphatic rings. The van der Waals surface area contributed by atoms with Crippen LogP contribution < -0.4 is 10.8 Å². The molecule has 1 fully saturated rings.